The summed E-state index contributed by atoms with van der Waals surface area (Å²) in [7, 11) is -2.90. The first-order chi connectivity index (χ1) is 8.48. The number of aryl methyl sites for hydroxylation is 1. The molecule has 0 fully saturated rings. The van der Waals surface area contributed by atoms with E-state index in [2.05, 4.69) is 0 Å². The Hall–Kier alpha value is -1.07. The van der Waals surface area contributed by atoms with Gasteiger partial charge in [0.15, 0.2) is 0 Å². The molecule has 0 aliphatic carbocycles. The fourth-order valence-electron chi connectivity index (χ4n) is 1.61. The Balaban J connectivity index is 2.49. The molecule has 0 saturated carbocycles. The summed E-state index contributed by atoms with van der Waals surface area (Å²) in [5.74, 6) is 1.11. The van der Waals surface area contributed by atoms with Crippen LogP contribution >= 0.6 is 0 Å². The fraction of sp³-hybridized carbons (Fsp3) is 0.538. The van der Waals surface area contributed by atoms with Gasteiger partial charge in [0.25, 0.3) is 0 Å². The van der Waals surface area contributed by atoms with Crippen LogP contribution < -0.4 is 10.5 Å². The molecule has 1 aromatic carbocycles. The van der Waals surface area contributed by atoms with E-state index in [1.165, 1.54) is 0 Å². The van der Waals surface area contributed by atoms with Gasteiger partial charge in [0.05, 0.1) is 12.4 Å². The Morgan fingerprint density at radius 2 is 2.06 bits per heavy atom. The second-order valence-corrected chi connectivity index (χ2v) is 6.73. The maximum atomic E-state index is 11.3. The van der Waals surface area contributed by atoms with Crippen LogP contribution in [0.25, 0.3) is 0 Å². The molecule has 0 aliphatic rings. The summed E-state index contributed by atoms with van der Waals surface area (Å²) in [5, 5.41) is 0. The van der Waals surface area contributed by atoms with Crippen LogP contribution in [0.15, 0.2) is 18.2 Å². The lowest BCUT2D eigenvalue weighted by molar-refractivity contribution is 0.314. The summed E-state index contributed by atoms with van der Waals surface area (Å²) in [6.45, 7) is 4.47. The number of ether oxygens (including phenoxy) is 1. The van der Waals surface area contributed by atoms with Crippen LogP contribution in [0.5, 0.6) is 5.75 Å². The minimum absolute atomic E-state index is 0.174. The van der Waals surface area contributed by atoms with Crippen molar-refractivity contribution < 1.29 is 13.2 Å². The molecule has 18 heavy (non-hydrogen) atoms. The lowest BCUT2D eigenvalue weighted by Gasteiger charge is -2.11. The third kappa shape index (κ3) is 4.66. The van der Waals surface area contributed by atoms with E-state index in [0.717, 1.165) is 16.9 Å². The Morgan fingerprint density at radius 1 is 1.33 bits per heavy atom. The fourth-order valence-corrected chi connectivity index (χ4v) is 2.46. The van der Waals surface area contributed by atoms with Gasteiger partial charge in [0.2, 0.25) is 0 Å². The summed E-state index contributed by atoms with van der Waals surface area (Å²) in [5.41, 5.74) is 7.73. The molecule has 4 nitrogen and oxygen atoms in total. The van der Waals surface area contributed by atoms with Gasteiger partial charge in [-0.1, -0.05) is 24.6 Å². The van der Waals surface area contributed by atoms with E-state index in [1.807, 2.05) is 25.1 Å². The van der Waals surface area contributed by atoms with Crippen LogP contribution in [0.3, 0.4) is 0 Å². The third-order valence-corrected chi connectivity index (χ3v) is 4.52. The normalized spacial score (nSPS) is 11.5. The molecule has 1 rings (SSSR count). The number of hydrogen-bond acceptors (Lipinski definition) is 4. The van der Waals surface area contributed by atoms with Crippen molar-refractivity contribution in [3.05, 3.63) is 29.3 Å². The molecule has 1 aromatic rings. The first-order valence-electron chi connectivity index (χ1n) is 6.11. The number of benzene rings is 1. The van der Waals surface area contributed by atoms with Gasteiger partial charge in [-0.15, -0.1) is 0 Å². The van der Waals surface area contributed by atoms with Crippen molar-refractivity contribution in [3.63, 3.8) is 0 Å². The van der Waals surface area contributed by atoms with Gasteiger partial charge in [0.1, 0.15) is 15.6 Å². The van der Waals surface area contributed by atoms with Crippen LogP contribution in [-0.4, -0.2) is 26.5 Å². The number of rotatable bonds is 7. The predicted octanol–water partition coefficient (Wildman–Crippen LogP) is 1.66. The van der Waals surface area contributed by atoms with Crippen molar-refractivity contribution in [1.29, 1.82) is 0 Å². The van der Waals surface area contributed by atoms with E-state index >= 15 is 0 Å². The standard InChI is InChI=1S/C13H21NO3S/c1-3-18(15,16)8-4-7-17-13-6-5-11(2)9-12(13)10-14/h5-6,9H,3-4,7-8,10,14H2,1-2H3. The van der Waals surface area contributed by atoms with Crippen molar-refractivity contribution in [2.24, 2.45) is 5.73 Å². The molecule has 0 heterocycles. The van der Waals surface area contributed by atoms with Gasteiger partial charge in [-0.25, -0.2) is 8.42 Å². The van der Waals surface area contributed by atoms with Crippen LogP contribution in [0.1, 0.15) is 24.5 Å². The Labute approximate surface area is 109 Å². The molecule has 0 spiro atoms. The zero-order valence-corrected chi connectivity index (χ0v) is 11.8. The molecule has 0 aliphatic heterocycles. The van der Waals surface area contributed by atoms with Crippen LogP contribution in [-0.2, 0) is 16.4 Å². The van der Waals surface area contributed by atoms with Crippen LogP contribution in [0, 0.1) is 6.92 Å². The number of hydrogen-bond donors (Lipinski definition) is 1. The van der Waals surface area contributed by atoms with Crippen molar-refractivity contribution in [2.75, 3.05) is 18.1 Å². The molecule has 2 N–H and O–H groups in total. The largest absolute Gasteiger partial charge is 0.493 e. The lowest BCUT2D eigenvalue weighted by Crippen LogP contribution is -2.12. The van der Waals surface area contributed by atoms with Crippen molar-refractivity contribution >= 4 is 9.84 Å². The summed E-state index contributed by atoms with van der Waals surface area (Å²) in [6, 6.07) is 5.82. The Morgan fingerprint density at radius 3 is 2.67 bits per heavy atom. The van der Waals surface area contributed by atoms with Gasteiger partial charge >= 0.3 is 0 Å². The average Bonchev–Trinajstić information content (AvgIpc) is 2.36. The van der Waals surface area contributed by atoms with E-state index in [-0.39, 0.29) is 11.5 Å². The van der Waals surface area contributed by atoms with Gasteiger partial charge in [-0.2, -0.15) is 0 Å². The molecule has 0 aromatic heterocycles. The zero-order valence-electron chi connectivity index (χ0n) is 11.0. The van der Waals surface area contributed by atoms with E-state index in [4.69, 9.17) is 10.5 Å². The van der Waals surface area contributed by atoms with Gasteiger partial charge in [-0.05, 0) is 19.4 Å². The molecule has 5 heteroatoms. The number of sulfone groups is 1. The highest BCUT2D eigenvalue weighted by atomic mass is 32.2. The summed E-state index contributed by atoms with van der Waals surface area (Å²) < 4.78 is 28.2. The first-order valence-corrected chi connectivity index (χ1v) is 7.93. The monoisotopic (exact) mass is 271 g/mol. The second-order valence-electron chi connectivity index (χ2n) is 4.25. The van der Waals surface area contributed by atoms with Crippen molar-refractivity contribution in [3.8, 4) is 5.75 Å². The summed E-state index contributed by atoms with van der Waals surface area (Å²) in [6.07, 6.45) is 0.508. The van der Waals surface area contributed by atoms with Gasteiger partial charge in [-0.3, -0.25) is 0 Å². The average molecular weight is 271 g/mol. The minimum atomic E-state index is -2.90. The Bertz CT molecular complexity index is 483. The predicted molar refractivity (Wildman–Crippen MR) is 73.5 cm³/mol. The smallest absolute Gasteiger partial charge is 0.150 e. The van der Waals surface area contributed by atoms with Crippen molar-refractivity contribution in [2.45, 2.75) is 26.8 Å². The quantitative estimate of drug-likeness (QED) is 0.766. The highest BCUT2D eigenvalue weighted by Crippen LogP contribution is 2.19. The highest BCUT2D eigenvalue weighted by Gasteiger charge is 2.07. The van der Waals surface area contributed by atoms with E-state index in [9.17, 15) is 8.42 Å². The molecule has 0 bridgehead atoms. The minimum Gasteiger partial charge on any atom is -0.493 e. The summed E-state index contributed by atoms with van der Waals surface area (Å²) >= 11 is 0. The number of nitrogens with two attached hydrogens (primary N) is 1. The molecule has 0 radical (unpaired) electrons. The molecule has 0 atom stereocenters. The summed E-state index contributed by atoms with van der Waals surface area (Å²) in [4.78, 5) is 0. The van der Waals surface area contributed by atoms with Crippen LogP contribution in [0.2, 0.25) is 0 Å². The zero-order chi connectivity index (χ0) is 13.6. The molecule has 102 valence electrons. The van der Waals surface area contributed by atoms with Crippen LogP contribution in [0.4, 0.5) is 0 Å². The van der Waals surface area contributed by atoms with E-state index < -0.39 is 9.84 Å². The molecule has 0 saturated heterocycles. The highest BCUT2D eigenvalue weighted by molar-refractivity contribution is 7.91. The van der Waals surface area contributed by atoms with E-state index in [0.29, 0.717) is 19.6 Å². The molecular weight excluding hydrogens is 250 g/mol. The van der Waals surface area contributed by atoms with Gasteiger partial charge < -0.3 is 10.5 Å². The van der Waals surface area contributed by atoms with Gasteiger partial charge in [0, 0.05) is 17.9 Å². The molecular formula is C13H21NO3S. The second kappa shape index (κ2) is 6.75. The lowest BCUT2D eigenvalue weighted by atomic mass is 10.1. The maximum absolute atomic E-state index is 11.3. The Kier molecular flexibility index (Phi) is 5.62. The molecule has 0 amide bonds. The molecule has 0 unspecified atom stereocenters. The van der Waals surface area contributed by atoms with Crippen molar-refractivity contribution in [1.82, 2.24) is 0 Å². The topological polar surface area (TPSA) is 69.4 Å². The SMILES string of the molecule is CCS(=O)(=O)CCCOc1ccc(C)cc1CN. The maximum Gasteiger partial charge on any atom is 0.150 e. The first kappa shape index (κ1) is 15.0. The van der Waals surface area contributed by atoms with E-state index in [1.54, 1.807) is 6.92 Å². The third-order valence-electron chi connectivity index (χ3n) is 2.73.